The number of anilines is 2. The molecule has 2 aromatic rings. The van der Waals surface area contributed by atoms with Gasteiger partial charge in [0.1, 0.15) is 5.84 Å². The molecule has 2 aliphatic heterocycles. The van der Waals surface area contributed by atoms with E-state index in [1.165, 1.54) is 28.2 Å². The average molecular weight is 373 g/mol. The number of allylic oxidation sites excluding steroid dienone is 2. The Hall–Kier alpha value is -2.88. The van der Waals surface area contributed by atoms with E-state index in [4.69, 9.17) is 0 Å². The van der Waals surface area contributed by atoms with E-state index in [1.807, 2.05) is 6.21 Å². The van der Waals surface area contributed by atoms with E-state index in [9.17, 15) is 0 Å². The van der Waals surface area contributed by atoms with Gasteiger partial charge in [-0.2, -0.15) is 5.10 Å². The molecule has 0 radical (unpaired) electrons. The second-order valence-electron chi connectivity index (χ2n) is 8.64. The number of nitrogens with zero attached hydrogens (tertiary/aromatic N) is 4. The quantitative estimate of drug-likeness (QED) is 0.542. The van der Waals surface area contributed by atoms with Gasteiger partial charge in [-0.3, -0.25) is 0 Å². The van der Waals surface area contributed by atoms with Gasteiger partial charge in [0.05, 0.1) is 11.6 Å². The third kappa shape index (κ3) is 2.59. The number of amidine groups is 1. The Morgan fingerprint density at radius 1 is 0.750 bits per heavy atom. The summed E-state index contributed by atoms with van der Waals surface area (Å²) >= 11 is 0. The van der Waals surface area contributed by atoms with Gasteiger partial charge in [0, 0.05) is 36.6 Å². The minimum absolute atomic E-state index is 0.0514. The molecule has 4 nitrogen and oxygen atoms in total. The zero-order chi connectivity index (χ0) is 20.1. The van der Waals surface area contributed by atoms with Crippen LogP contribution in [0.5, 0.6) is 0 Å². The van der Waals surface area contributed by atoms with Crippen molar-refractivity contribution in [3.05, 3.63) is 71.4 Å². The SMILES string of the molecule is CN1\C(=C/C=N\N=C2\N(C)c3ccccc3C2(C)C)C(C)(C)c2ccccc21. The molecule has 0 bridgehead atoms. The van der Waals surface area contributed by atoms with Crippen LogP contribution in [0.1, 0.15) is 38.8 Å². The van der Waals surface area contributed by atoms with Gasteiger partial charge < -0.3 is 9.80 Å². The lowest BCUT2D eigenvalue weighted by atomic mass is 9.84. The van der Waals surface area contributed by atoms with E-state index in [0.717, 1.165) is 5.84 Å². The van der Waals surface area contributed by atoms with Crippen LogP contribution in [0.15, 0.2) is 70.5 Å². The van der Waals surface area contributed by atoms with E-state index in [1.54, 1.807) is 0 Å². The van der Waals surface area contributed by atoms with Crippen molar-refractivity contribution in [2.75, 3.05) is 23.9 Å². The third-order valence-electron chi connectivity index (χ3n) is 6.21. The molecule has 144 valence electrons. The fourth-order valence-corrected chi connectivity index (χ4v) is 4.63. The normalized spacial score (nSPS) is 22.4. The standard InChI is InChI=1S/C24H28N4/c1-23(2)17-11-7-9-13-19(17)27(5)21(23)15-16-25-26-22-24(3,4)18-12-8-10-14-20(18)28(22)6/h7-16H,1-6H3/b21-15-,25-16-,26-22+. The Morgan fingerprint density at radius 2 is 1.29 bits per heavy atom. The Bertz CT molecular complexity index is 929. The summed E-state index contributed by atoms with van der Waals surface area (Å²) in [4.78, 5) is 4.39. The van der Waals surface area contributed by atoms with Crippen LogP contribution in [0, 0.1) is 0 Å². The molecule has 28 heavy (non-hydrogen) atoms. The number of para-hydroxylation sites is 2. The van der Waals surface area contributed by atoms with Gasteiger partial charge in [0.15, 0.2) is 0 Å². The first-order valence-corrected chi connectivity index (χ1v) is 9.75. The summed E-state index contributed by atoms with van der Waals surface area (Å²) in [6.07, 6.45) is 3.90. The number of fused-ring (bicyclic) bond motifs is 2. The molecule has 2 aliphatic rings. The Labute approximate surface area is 167 Å². The van der Waals surface area contributed by atoms with Crippen molar-refractivity contribution in [3.8, 4) is 0 Å². The fraction of sp³-hybridized carbons (Fsp3) is 0.333. The third-order valence-corrected chi connectivity index (χ3v) is 6.21. The van der Waals surface area contributed by atoms with Crippen LogP contribution in [0.3, 0.4) is 0 Å². The summed E-state index contributed by atoms with van der Waals surface area (Å²) in [5.74, 6) is 0.964. The lowest BCUT2D eigenvalue weighted by Gasteiger charge is -2.23. The fourth-order valence-electron chi connectivity index (χ4n) is 4.63. The van der Waals surface area contributed by atoms with E-state index in [-0.39, 0.29) is 10.8 Å². The molecule has 0 saturated carbocycles. The first-order chi connectivity index (χ1) is 13.3. The smallest absolute Gasteiger partial charge is 0.141 e. The van der Waals surface area contributed by atoms with Gasteiger partial charge in [-0.05, 0) is 43.2 Å². The maximum atomic E-state index is 4.60. The predicted octanol–water partition coefficient (Wildman–Crippen LogP) is 5.11. The molecule has 0 aliphatic carbocycles. The Morgan fingerprint density at radius 3 is 1.86 bits per heavy atom. The van der Waals surface area contributed by atoms with Crippen molar-refractivity contribution in [3.63, 3.8) is 0 Å². The highest BCUT2D eigenvalue weighted by Gasteiger charge is 2.40. The maximum absolute atomic E-state index is 4.60. The zero-order valence-electron chi connectivity index (χ0n) is 17.6. The summed E-state index contributed by atoms with van der Waals surface area (Å²) < 4.78 is 0. The van der Waals surface area contributed by atoms with Crippen molar-refractivity contribution in [1.82, 2.24) is 0 Å². The van der Waals surface area contributed by atoms with Crippen molar-refractivity contribution >= 4 is 23.4 Å². The second-order valence-corrected chi connectivity index (χ2v) is 8.64. The molecule has 4 rings (SSSR count). The van der Waals surface area contributed by atoms with E-state index >= 15 is 0 Å². The van der Waals surface area contributed by atoms with E-state index in [2.05, 4.69) is 116 Å². The van der Waals surface area contributed by atoms with Gasteiger partial charge in [-0.1, -0.05) is 50.2 Å². The summed E-state index contributed by atoms with van der Waals surface area (Å²) in [6.45, 7) is 8.91. The molecule has 0 spiro atoms. The molecule has 0 fully saturated rings. The van der Waals surface area contributed by atoms with Gasteiger partial charge in [0.25, 0.3) is 0 Å². The van der Waals surface area contributed by atoms with Crippen LogP contribution in [0.2, 0.25) is 0 Å². The summed E-state index contributed by atoms with van der Waals surface area (Å²) in [7, 11) is 4.18. The van der Waals surface area contributed by atoms with Crippen molar-refractivity contribution in [1.29, 1.82) is 0 Å². The second kappa shape index (κ2) is 6.33. The molecule has 4 heteroatoms. The number of likely N-dealkylation sites (N-methyl/N-ethyl adjacent to an activating group) is 2. The Kier molecular flexibility index (Phi) is 4.18. The van der Waals surface area contributed by atoms with Crippen molar-refractivity contribution in [2.24, 2.45) is 10.2 Å². The molecular weight excluding hydrogens is 344 g/mol. The van der Waals surface area contributed by atoms with E-state index < -0.39 is 0 Å². The van der Waals surface area contributed by atoms with Gasteiger partial charge >= 0.3 is 0 Å². The number of rotatable bonds is 2. The Balaban J connectivity index is 1.63. The molecular formula is C24H28N4. The minimum Gasteiger partial charge on any atom is -0.347 e. The van der Waals surface area contributed by atoms with Crippen LogP contribution in [-0.4, -0.2) is 26.1 Å². The van der Waals surface area contributed by atoms with Gasteiger partial charge in [-0.25, -0.2) is 0 Å². The largest absolute Gasteiger partial charge is 0.347 e. The molecule has 2 aromatic carbocycles. The summed E-state index contributed by atoms with van der Waals surface area (Å²) in [6, 6.07) is 17.0. The zero-order valence-corrected chi connectivity index (χ0v) is 17.6. The topological polar surface area (TPSA) is 31.2 Å². The van der Waals surface area contributed by atoms with Crippen LogP contribution in [0.4, 0.5) is 11.4 Å². The average Bonchev–Trinajstić information content (AvgIpc) is 2.99. The molecule has 0 atom stereocenters. The summed E-state index contributed by atoms with van der Waals surface area (Å²) in [5, 5.41) is 9.03. The maximum Gasteiger partial charge on any atom is 0.141 e. The first kappa shape index (κ1) is 18.5. The molecule has 2 heterocycles. The predicted molar refractivity (Wildman–Crippen MR) is 120 cm³/mol. The van der Waals surface area contributed by atoms with Gasteiger partial charge in [-0.15, -0.1) is 5.10 Å². The monoisotopic (exact) mass is 372 g/mol. The highest BCUT2D eigenvalue weighted by Crippen LogP contribution is 2.46. The lowest BCUT2D eigenvalue weighted by molar-refractivity contribution is 0.641. The van der Waals surface area contributed by atoms with Crippen LogP contribution in [0.25, 0.3) is 0 Å². The highest BCUT2D eigenvalue weighted by molar-refractivity contribution is 6.10. The number of hydrogen-bond donors (Lipinski definition) is 0. The van der Waals surface area contributed by atoms with Crippen LogP contribution < -0.4 is 9.80 Å². The molecule has 0 N–H and O–H groups in total. The molecule has 0 aromatic heterocycles. The van der Waals surface area contributed by atoms with Crippen molar-refractivity contribution < 1.29 is 0 Å². The minimum atomic E-state index is -0.157. The summed E-state index contributed by atoms with van der Waals surface area (Å²) in [5.41, 5.74) is 6.10. The van der Waals surface area contributed by atoms with Crippen LogP contribution in [-0.2, 0) is 10.8 Å². The number of hydrogen-bond acceptors (Lipinski definition) is 3. The molecule has 0 saturated heterocycles. The first-order valence-electron chi connectivity index (χ1n) is 9.75. The highest BCUT2D eigenvalue weighted by atomic mass is 15.3. The van der Waals surface area contributed by atoms with Crippen LogP contribution >= 0.6 is 0 Å². The van der Waals surface area contributed by atoms with Gasteiger partial charge in [0.2, 0.25) is 0 Å². The molecule has 0 unspecified atom stereocenters. The van der Waals surface area contributed by atoms with Crippen molar-refractivity contribution in [2.45, 2.75) is 38.5 Å². The molecule has 0 amide bonds. The van der Waals surface area contributed by atoms with E-state index in [0.29, 0.717) is 0 Å². The number of benzene rings is 2. The lowest BCUT2D eigenvalue weighted by Crippen LogP contribution is -2.33.